The van der Waals surface area contributed by atoms with Gasteiger partial charge in [0.1, 0.15) is 11.6 Å². The first-order valence-corrected chi connectivity index (χ1v) is 7.29. The summed E-state index contributed by atoms with van der Waals surface area (Å²) in [6.45, 7) is 0. The summed E-state index contributed by atoms with van der Waals surface area (Å²) in [6, 6.07) is 8.26. The van der Waals surface area contributed by atoms with E-state index in [1.54, 1.807) is 0 Å². The summed E-state index contributed by atoms with van der Waals surface area (Å²) in [5.41, 5.74) is 1.79. The molecule has 3 heterocycles. The summed E-state index contributed by atoms with van der Waals surface area (Å²) in [4.78, 5) is 13.7. The maximum Gasteiger partial charge on any atom is 0.179 e. The topological polar surface area (TPSA) is 53.6 Å². The molecule has 0 saturated carbocycles. The van der Waals surface area contributed by atoms with Crippen molar-refractivity contribution in [2.24, 2.45) is 0 Å². The van der Waals surface area contributed by atoms with E-state index < -0.39 is 0 Å². The molecule has 0 atom stereocenters. The molecule has 0 fully saturated rings. The van der Waals surface area contributed by atoms with Crippen molar-refractivity contribution < 1.29 is 0 Å². The average molecular weight is 272 g/mol. The standard InChI is InChI=1S/C14H16N4S/c1-15-12-8-7-11-14(17-12)18-13(16-11)6-2-4-10-5-3-9-19-10/h3,5,7-9H,2,4,6H2,1H3,(H2,15,16,17,18). The number of aromatic nitrogens is 3. The van der Waals surface area contributed by atoms with Crippen LogP contribution < -0.4 is 5.32 Å². The van der Waals surface area contributed by atoms with E-state index in [-0.39, 0.29) is 0 Å². The van der Waals surface area contributed by atoms with Crippen molar-refractivity contribution in [1.29, 1.82) is 0 Å². The van der Waals surface area contributed by atoms with Gasteiger partial charge in [0, 0.05) is 18.3 Å². The molecule has 3 rings (SSSR count). The highest BCUT2D eigenvalue weighted by atomic mass is 32.1. The molecular weight excluding hydrogens is 256 g/mol. The van der Waals surface area contributed by atoms with Gasteiger partial charge in [-0.3, -0.25) is 0 Å². The van der Waals surface area contributed by atoms with E-state index in [9.17, 15) is 0 Å². The van der Waals surface area contributed by atoms with Crippen molar-refractivity contribution in [1.82, 2.24) is 15.0 Å². The van der Waals surface area contributed by atoms with E-state index in [2.05, 4.69) is 37.8 Å². The largest absolute Gasteiger partial charge is 0.373 e. The number of aryl methyl sites for hydroxylation is 2. The summed E-state index contributed by atoms with van der Waals surface area (Å²) < 4.78 is 0. The van der Waals surface area contributed by atoms with Crippen LogP contribution in [0.3, 0.4) is 0 Å². The van der Waals surface area contributed by atoms with Crippen molar-refractivity contribution in [2.45, 2.75) is 19.3 Å². The van der Waals surface area contributed by atoms with Crippen LogP contribution in [0, 0.1) is 0 Å². The smallest absolute Gasteiger partial charge is 0.179 e. The summed E-state index contributed by atoms with van der Waals surface area (Å²) in [6.07, 6.45) is 3.19. The third kappa shape index (κ3) is 2.76. The molecule has 3 aromatic heterocycles. The highest BCUT2D eigenvalue weighted by Gasteiger charge is 2.05. The first-order valence-electron chi connectivity index (χ1n) is 6.41. The van der Waals surface area contributed by atoms with Crippen molar-refractivity contribution in [3.05, 3.63) is 40.3 Å². The van der Waals surface area contributed by atoms with Crippen molar-refractivity contribution in [2.75, 3.05) is 12.4 Å². The van der Waals surface area contributed by atoms with Gasteiger partial charge < -0.3 is 10.3 Å². The Morgan fingerprint density at radius 3 is 2.95 bits per heavy atom. The monoisotopic (exact) mass is 272 g/mol. The fraction of sp³-hybridized carbons (Fsp3) is 0.286. The molecule has 0 amide bonds. The summed E-state index contributed by atoms with van der Waals surface area (Å²) in [5.74, 6) is 1.87. The van der Waals surface area contributed by atoms with E-state index in [4.69, 9.17) is 0 Å². The lowest BCUT2D eigenvalue weighted by Gasteiger charge is -1.95. The Kier molecular flexibility index (Phi) is 3.46. The highest BCUT2D eigenvalue weighted by molar-refractivity contribution is 7.09. The molecule has 19 heavy (non-hydrogen) atoms. The maximum absolute atomic E-state index is 4.54. The zero-order valence-electron chi connectivity index (χ0n) is 10.8. The highest BCUT2D eigenvalue weighted by Crippen LogP contribution is 2.15. The second kappa shape index (κ2) is 5.40. The lowest BCUT2D eigenvalue weighted by atomic mass is 10.2. The Balaban J connectivity index is 1.67. The van der Waals surface area contributed by atoms with Crippen LogP contribution in [0.25, 0.3) is 11.2 Å². The number of thiophene rings is 1. The Morgan fingerprint density at radius 1 is 1.21 bits per heavy atom. The number of rotatable bonds is 5. The third-order valence-electron chi connectivity index (χ3n) is 3.07. The number of pyridine rings is 1. The van der Waals surface area contributed by atoms with Gasteiger partial charge in [0.25, 0.3) is 0 Å². The Hall–Kier alpha value is -1.88. The minimum absolute atomic E-state index is 0.790. The SMILES string of the molecule is CNc1ccc2[nH]c(CCCc3cccs3)nc2n1. The molecule has 3 aromatic rings. The number of anilines is 1. The number of nitrogens with zero attached hydrogens (tertiary/aromatic N) is 2. The van der Waals surface area contributed by atoms with Gasteiger partial charge in [-0.2, -0.15) is 0 Å². The molecular formula is C14H16N4S. The molecule has 0 aliphatic carbocycles. The maximum atomic E-state index is 4.54. The second-order valence-corrected chi connectivity index (χ2v) is 5.47. The van der Waals surface area contributed by atoms with Crippen LogP contribution in [-0.2, 0) is 12.8 Å². The van der Waals surface area contributed by atoms with Crippen LogP contribution in [0.1, 0.15) is 17.1 Å². The van der Waals surface area contributed by atoms with Gasteiger partial charge in [0.2, 0.25) is 0 Å². The lowest BCUT2D eigenvalue weighted by Crippen LogP contribution is -1.91. The molecule has 98 valence electrons. The Bertz CT molecular complexity index is 657. The number of hydrogen-bond acceptors (Lipinski definition) is 4. The average Bonchev–Trinajstić information content (AvgIpc) is 3.06. The predicted octanol–water partition coefficient (Wildman–Crippen LogP) is 3.24. The summed E-state index contributed by atoms with van der Waals surface area (Å²) in [5, 5.41) is 5.15. The van der Waals surface area contributed by atoms with E-state index in [0.717, 1.165) is 42.1 Å². The summed E-state index contributed by atoms with van der Waals surface area (Å²) >= 11 is 1.82. The van der Waals surface area contributed by atoms with Crippen LogP contribution in [0.15, 0.2) is 29.6 Å². The number of hydrogen-bond donors (Lipinski definition) is 2. The van der Waals surface area contributed by atoms with Gasteiger partial charge in [0.05, 0.1) is 5.52 Å². The zero-order valence-corrected chi connectivity index (χ0v) is 11.6. The molecule has 0 saturated heterocycles. The molecule has 0 aromatic carbocycles. The van der Waals surface area contributed by atoms with Gasteiger partial charge in [-0.1, -0.05) is 6.07 Å². The zero-order chi connectivity index (χ0) is 13.1. The molecule has 5 heteroatoms. The fourth-order valence-electron chi connectivity index (χ4n) is 2.08. The first-order chi connectivity index (χ1) is 9.35. The quantitative estimate of drug-likeness (QED) is 0.749. The second-order valence-electron chi connectivity index (χ2n) is 4.43. The van der Waals surface area contributed by atoms with E-state index >= 15 is 0 Å². The fourth-order valence-corrected chi connectivity index (χ4v) is 2.84. The minimum Gasteiger partial charge on any atom is -0.373 e. The van der Waals surface area contributed by atoms with Gasteiger partial charge in [-0.05, 0) is 36.4 Å². The molecule has 0 radical (unpaired) electrons. The molecule has 0 aliphatic rings. The van der Waals surface area contributed by atoms with E-state index in [0.29, 0.717) is 0 Å². The van der Waals surface area contributed by atoms with Crippen LogP contribution in [0.4, 0.5) is 5.82 Å². The van der Waals surface area contributed by atoms with Crippen molar-refractivity contribution in [3.63, 3.8) is 0 Å². The van der Waals surface area contributed by atoms with E-state index in [1.807, 2.05) is 30.5 Å². The lowest BCUT2D eigenvalue weighted by molar-refractivity contribution is 0.793. The predicted molar refractivity (Wildman–Crippen MR) is 79.8 cm³/mol. The van der Waals surface area contributed by atoms with Gasteiger partial charge in [-0.25, -0.2) is 9.97 Å². The normalized spacial score (nSPS) is 11.0. The van der Waals surface area contributed by atoms with Crippen LogP contribution in [0.5, 0.6) is 0 Å². The molecule has 4 nitrogen and oxygen atoms in total. The minimum atomic E-state index is 0.790. The van der Waals surface area contributed by atoms with Crippen LogP contribution in [-0.4, -0.2) is 22.0 Å². The number of fused-ring (bicyclic) bond motifs is 1. The van der Waals surface area contributed by atoms with Gasteiger partial charge in [-0.15, -0.1) is 11.3 Å². The van der Waals surface area contributed by atoms with Gasteiger partial charge in [0.15, 0.2) is 5.65 Å². The number of aromatic amines is 1. The number of H-pyrrole nitrogens is 1. The molecule has 0 aliphatic heterocycles. The number of nitrogens with one attached hydrogen (secondary N) is 2. The molecule has 0 spiro atoms. The Morgan fingerprint density at radius 2 is 2.16 bits per heavy atom. The Labute approximate surface area is 115 Å². The van der Waals surface area contributed by atoms with Crippen LogP contribution >= 0.6 is 11.3 Å². The van der Waals surface area contributed by atoms with Crippen molar-refractivity contribution in [3.8, 4) is 0 Å². The third-order valence-corrected chi connectivity index (χ3v) is 4.00. The van der Waals surface area contributed by atoms with Gasteiger partial charge >= 0.3 is 0 Å². The van der Waals surface area contributed by atoms with Crippen molar-refractivity contribution >= 4 is 28.3 Å². The molecule has 2 N–H and O–H groups in total. The molecule has 0 unspecified atom stereocenters. The van der Waals surface area contributed by atoms with Crippen LogP contribution in [0.2, 0.25) is 0 Å². The molecule has 0 bridgehead atoms. The summed E-state index contributed by atoms with van der Waals surface area (Å²) in [7, 11) is 1.86. The number of imidazole rings is 1. The first kappa shape index (κ1) is 12.2. The van der Waals surface area contributed by atoms with E-state index in [1.165, 1.54) is 4.88 Å².